The van der Waals surface area contributed by atoms with E-state index in [1.165, 1.54) is 38.5 Å². The van der Waals surface area contributed by atoms with Crippen LogP contribution in [-0.4, -0.2) is 37.3 Å². The van der Waals surface area contributed by atoms with Gasteiger partial charge in [-0.15, -0.1) is 0 Å². The minimum atomic E-state index is 0.368. The summed E-state index contributed by atoms with van der Waals surface area (Å²) in [6.45, 7) is 2.19. The van der Waals surface area contributed by atoms with Crippen LogP contribution in [0.3, 0.4) is 0 Å². The van der Waals surface area contributed by atoms with Crippen LogP contribution in [0, 0.1) is 0 Å². The number of ether oxygens (including phenoxy) is 1. The van der Waals surface area contributed by atoms with E-state index in [1.807, 2.05) is 0 Å². The van der Waals surface area contributed by atoms with Crippen molar-refractivity contribution in [2.45, 2.75) is 56.7 Å². The van der Waals surface area contributed by atoms with Gasteiger partial charge in [-0.25, -0.2) is 4.99 Å². The van der Waals surface area contributed by atoms with E-state index >= 15 is 0 Å². The molecule has 0 aromatic rings. The van der Waals surface area contributed by atoms with Crippen molar-refractivity contribution in [3.8, 4) is 0 Å². The molecule has 2 fully saturated rings. The van der Waals surface area contributed by atoms with Gasteiger partial charge in [-0.1, -0.05) is 6.42 Å². The van der Waals surface area contributed by atoms with Crippen molar-refractivity contribution in [2.24, 2.45) is 4.99 Å². The average molecular weight is 223 g/mol. The van der Waals surface area contributed by atoms with Crippen molar-refractivity contribution in [1.82, 2.24) is 10.6 Å². The molecule has 2 N–H and O–H groups in total. The molecule has 1 saturated heterocycles. The molecule has 1 saturated carbocycles. The predicted molar refractivity (Wildman–Crippen MR) is 63.6 cm³/mol. The van der Waals surface area contributed by atoms with Crippen LogP contribution in [0.4, 0.5) is 0 Å². The maximum absolute atomic E-state index is 5.88. The molecular formula is C12H21N3O. The number of piperidine rings is 1. The van der Waals surface area contributed by atoms with E-state index < -0.39 is 0 Å². The SMILES string of the molecule is C1CNCC(NC2=NC3CCCCC3O2)C1. The Hall–Kier alpha value is -0.770. The fourth-order valence-electron chi connectivity index (χ4n) is 2.91. The molecule has 0 radical (unpaired) electrons. The number of amidine groups is 1. The van der Waals surface area contributed by atoms with Crippen LogP contribution >= 0.6 is 0 Å². The topological polar surface area (TPSA) is 45.7 Å². The van der Waals surface area contributed by atoms with Gasteiger partial charge in [0.15, 0.2) is 0 Å². The Morgan fingerprint density at radius 2 is 2.12 bits per heavy atom. The highest BCUT2D eigenvalue weighted by Gasteiger charge is 2.33. The van der Waals surface area contributed by atoms with Gasteiger partial charge in [-0.05, 0) is 38.6 Å². The molecular weight excluding hydrogens is 202 g/mol. The summed E-state index contributed by atoms with van der Waals surface area (Å²) in [6, 6.07) is 1.76. The Balaban J connectivity index is 1.55. The fourth-order valence-corrected chi connectivity index (χ4v) is 2.91. The van der Waals surface area contributed by atoms with Gasteiger partial charge in [0.05, 0.1) is 6.04 Å². The summed E-state index contributed by atoms with van der Waals surface area (Å²) in [5.74, 6) is 0. The molecule has 0 bridgehead atoms. The zero-order valence-electron chi connectivity index (χ0n) is 9.74. The monoisotopic (exact) mass is 223 g/mol. The molecule has 16 heavy (non-hydrogen) atoms. The van der Waals surface area contributed by atoms with Crippen molar-refractivity contribution in [2.75, 3.05) is 13.1 Å². The van der Waals surface area contributed by atoms with Gasteiger partial charge in [-0.2, -0.15) is 0 Å². The minimum Gasteiger partial charge on any atom is -0.460 e. The maximum Gasteiger partial charge on any atom is 0.285 e. The number of rotatable bonds is 1. The normalized spacial score (nSPS) is 38.5. The van der Waals surface area contributed by atoms with Gasteiger partial charge in [0.25, 0.3) is 6.02 Å². The Morgan fingerprint density at radius 1 is 1.19 bits per heavy atom. The quantitative estimate of drug-likeness (QED) is 0.698. The Morgan fingerprint density at radius 3 is 2.94 bits per heavy atom. The first-order valence-electron chi connectivity index (χ1n) is 6.63. The summed E-state index contributed by atoms with van der Waals surface area (Å²) < 4.78 is 5.88. The first-order chi connectivity index (χ1) is 7.92. The largest absolute Gasteiger partial charge is 0.460 e. The van der Waals surface area contributed by atoms with E-state index in [0.717, 1.165) is 19.1 Å². The molecule has 3 unspecified atom stereocenters. The molecule has 0 spiro atoms. The van der Waals surface area contributed by atoms with Crippen LogP contribution in [0.2, 0.25) is 0 Å². The number of nitrogens with one attached hydrogen (secondary N) is 2. The third kappa shape index (κ3) is 2.17. The second kappa shape index (κ2) is 4.62. The van der Waals surface area contributed by atoms with Crippen molar-refractivity contribution in [3.05, 3.63) is 0 Å². The summed E-state index contributed by atoms with van der Waals surface area (Å²) in [4.78, 5) is 4.66. The van der Waals surface area contributed by atoms with Crippen LogP contribution in [-0.2, 0) is 4.74 Å². The zero-order valence-corrected chi connectivity index (χ0v) is 9.74. The third-order valence-corrected chi connectivity index (χ3v) is 3.84. The van der Waals surface area contributed by atoms with Crippen LogP contribution < -0.4 is 10.6 Å². The van der Waals surface area contributed by atoms with Gasteiger partial charge in [0, 0.05) is 12.6 Å². The Labute approximate surface area is 96.8 Å². The molecule has 2 aliphatic heterocycles. The summed E-state index contributed by atoms with van der Waals surface area (Å²) >= 11 is 0. The zero-order chi connectivity index (χ0) is 10.8. The molecule has 2 heterocycles. The molecule has 3 aliphatic rings. The van der Waals surface area contributed by atoms with E-state index in [1.54, 1.807) is 0 Å². The number of aliphatic imine (C=N–C) groups is 1. The molecule has 0 amide bonds. The van der Waals surface area contributed by atoms with E-state index in [2.05, 4.69) is 15.6 Å². The molecule has 0 aromatic heterocycles. The highest BCUT2D eigenvalue weighted by Crippen LogP contribution is 2.27. The molecule has 4 nitrogen and oxygen atoms in total. The molecule has 4 heteroatoms. The van der Waals surface area contributed by atoms with Crippen LogP contribution in [0.15, 0.2) is 4.99 Å². The summed E-state index contributed by atoms with van der Waals surface area (Å²) in [7, 11) is 0. The second-order valence-electron chi connectivity index (χ2n) is 5.13. The van der Waals surface area contributed by atoms with E-state index in [-0.39, 0.29) is 0 Å². The minimum absolute atomic E-state index is 0.368. The number of fused-ring (bicyclic) bond motifs is 1. The van der Waals surface area contributed by atoms with Crippen molar-refractivity contribution < 1.29 is 4.74 Å². The fraction of sp³-hybridized carbons (Fsp3) is 0.917. The van der Waals surface area contributed by atoms with Crippen LogP contribution in [0.5, 0.6) is 0 Å². The third-order valence-electron chi connectivity index (χ3n) is 3.84. The van der Waals surface area contributed by atoms with Gasteiger partial charge in [0.2, 0.25) is 0 Å². The summed E-state index contributed by atoms with van der Waals surface area (Å²) in [5, 5.41) is 6.84. The van der Waals surface area contributed by atoms with E-state index in [4.69, 9.17) is 4.74 Å². The first-order valence-corrected chi connectivity index (χ1v) is 6.63. The lowest BCUT2D eigenvalue weighted by atomic mass is 9.94. The lowest BCUT2D eigenvalue weighted by Gasteiger charge is -2.25. The maximum atomic E-state index is 5.88. The number of hydrogen-bond donors (Lipinski definition) is 2. The van der Waals surface area contributed by atoms with Gasteiger partial charge in [-0.3, -0.25) is 0 Å². The van der Waals surface area contributed by atoms with E-state index in [0.29, 0.717) is 18.2 Å². The first kappa shape index (κ1) is 10.4. The average Bonchev–Trinajstić information content (AvgIpc) is 2.72. The van der Waals surface area contributed by atoms with Crippen molar-refractivity contribution in [3.63, 3.8) is 0 Å². The molecule has 1 aliphatic carbocycles. The summed E-state index contributed by atoms with van der Waals surface area (Å²) in [6.07, 6.45) is 7.85. The Kier molecular flexibility index (Phi) is 3.00. The smallest absolute Gasteiger partial charge is 0.285 e. The highest BCUT2D eigenvalue weighted by atomic mass is 16.5. The lowest BCUT2D eigenvalue weighted by molar-refractivity contribution is 0.145. The van der Waals surface area contributed by atoms with Crippen LogP contribution in [0.25, 0.3) is 0 Å². The number of nitrogens with zero attached hydrogens (tertiary/aromatic N) is 1. The molecule has 3 atom stereocenters. The van der Waals surface area contributed by atoms with Crippen LogP contribution in [0.1, 0.15) is 38.5 Å². The lowest BCUT2D eigenvalue weighted by Crippen LogP contribution is -2.46. The van der Waals surface area contributed by atoms with Gasteiger partial charge < -0.3 is 15.4 Å². The summed E-state index contributed by atoms with van der Waals surface area (Å²) in [5.41, 5.74) is 0. The van der Waals surface area contributed by atoms with Gasteiger partial charge in [0.1, 0.15) is 6.10 Å². The van der Waals surface area contributed by atoms with Crippen molar-refractivity contribution >= 4 is 6.02 Å². The number of hydrogen-bond acceptors (Lipinski definition) is 4. The van der Waals surface area contributed by atoms with E-state index in [9.17, 15) is 0 Å². The second-order valence-corrected chi connectivity index (χ2v) is 5.13. The van der Waals surface area contributed by atoms with Crippen molar-refractivity contribution in [1.29, 1.82) is 0 Å². The highest BCUT2D eigenvalue weighted by molar-refractivity contribution is 5.76. The van der Waals surface area contributed by atoms with Gasteiger partial charge >= 0.3 is 0 Å². The Bertz CT molecular complexity index is 273. The molecule has 3 rings (SSSR count). The standard InChI is InChI=1S/C12H21N3O/c1-2-6-11-10(5-1)15-12(16-11)14-9-4-3-7-13-8-9/h9-11,13H,1-8H2,(H,14,15). The molecule has 90 valence electrons. The predicted octanol–water partition coefficient (Wildman–Crippen LogP) is 1.03. The molecule has 0 aromatic carbocycles.